The normalized spacial score (nSPS) is 18.6. The fraction of sp³-hybridized carbons (Fsp3) is 0.350. The van der Waals surface area contributed by atoms with Crippen LogP contribution in [0.15, 0.2) is 47.4 Å². The summed E-state index contributed by atoms with van der Waals surface area (Å²) in [7, 11) is -0.751. The minimum absolute atomic E-state index is 0.119. The van der Waals surface area contributed by atoms with Crippen molar-refractivity contribution in [2.75, 3.05) is 25.7 Å². The lowest BCUT2D eigenvalue weighted by molar-refractivity contribution is -0.118. The van der Waals surface area contributed by atoms with Gasteiger partial charge in [-0.3, -0.25) is 4.79 Å². The maximum atomic E-state index is 13.4. The van der Waals surface area contributed by atoms with Crippen LogP contribution in [0, 0.1) is 0 Å². The quantitative estimate of drug-likeness (QED) is 0.784. The molecule has 0 aromatic heterocycles. The van der Waals surface area contributed by atoms with Gasteiger partial charge in [-0.05, 0) is 36.2 Å². The van der Waals surface area contributed by atoms with Crippen molar-refractivity contribution in [2.24, 2.45) is 0 Å². The molecule has 3 rings (SSSR count). The molecule has 0 saturated heterocycles. The van der Waals surface area contributed by atoms with Gasteiger partial charge in [0, 0.05) is 13.0 Å². The third-order valence-electron chi connectivity index (χ3n) is 4.72. The van der Waals surface area contributed by atoms with Crippen molar-refractivity contribution >= 4 is 21.4 Å². The van der Waals surface area contributed by atoms with Gasteiger partial charge < -0.3 is 14.4 Å². The molecular formula is C20H23NO5S. The molecule has 7 heteroatoms. The standard InChI is InChI=1S/C20H23NO5S/c1-4-11-21-15-7-5-6-8-18(15)27(23,24)19(13-20(21)22)14-9-10-16(25-2)17(12-14)26-3/h5-10,12,19H,4,11,13H2,1-3H3/t19-/m0/s1. The highest BCUT2D eigenvalue weighted by molar-refractivity contribution is 7.92. The summed E-state index contributed by atoms with van der Waals surface area (Å²) in [5, 5.41) is -0.979. The predicted octanol–water partition coefficient (Wildman–Crippen LogP) is 3.37. The van der Waals surface area contributed by atoms with Crippen LogP contribution in [0.5, 0.6) is 11.5 Å². The molecule has 0 N–H and O–H groups in total. The Balaban J connectivity index is 2.17. The molecule has 0 fully saturated rings. The van der Waals surface area contributed by atoms with Gasteiger partial charge in [0.1, 0.15) is 0 Å². The highest BCUT2D eigenvalue weighted by Gasteiger charge is 2.39. The Morgan fingerprint density at radius 2 is 1.78 bits per heavy atom. The van der Waals surface area contributed by atoms with Crippen LogP contribution in [0.1, 0.15) is 30.6 Å². The van der Waals surface area contributed by atoms with Crippen molar-refractivity contribution < 1.29 is 22.7 Å². The molecule has 144 valence electrons. The maximum absolute atomic E-state index is 13.4. The second-order valence-electron chi connectivity index (χ2n) is 6.37. The highest BCUT2D eigenvalue weighted by Crippen LogP contribution is 2.42. The molecule has 0 spiro atoms. The van der Waals surface area contributed by atoms with Crippen LogP contribution in [-0.2, 0) is 14.6 Å². The zero-order valence-corrected chi connectivity index (χ0v) is 16.5. The number of methoxy groups -OCH3 is 2. The Labute approximate surface area is 159 Å². The fourth-order valence-electron chi connectivity index (χ4n) is 3.41. The van der Waals surface area contributed by atoms with E-state index in [1.54, 1.807) is 47.4 Å². The van der Waals surface area contributed by atoms with E-state index in [0.29, 0.717) is 29.3 Å². The van der Waals surface area contributed by atoms with E-state index in [1.807, 2.05) is 6.92 Å². The van der Waals surface area contributed by atoms with Crippen LogP contribution in [0.2, 0.25) is 0 Å². The Bertz CT molecular complexity index is 955. The van der Waals surface area contributed by atoms with Gasteiger partial charge in [0.25, 0.3) is 0 Å². The van der Waals surface area contributed by atoms with Gasteiger partial charge in [-0.1, -0.05) is 25.1 Å². The maximum Gasteiger partial charge on any atom is 0.228 e. The third kappa shape index (κ3) is 3.39. The number of nitrogens with zero attached hydrogens (tertiary/aromatic N) is 1. The van der Waals surface area contributed by atoms with Crippen molar-refractivity contribution in [3.63, 3.8) is 0 Å². The van der Waals surface area contributed by atoms with E-state index in [9.17, 15) is 13.2 Å². The molecule has 2 aromatic carbocycles. The summed E-state index contributed by atoms with van der Waals surface area (Å²) in [4.78, 5) is 14.7. The zero-order chi connectivity index (χ0) is 19.6. The van der Waals surface area contributed by atoms with Crippen molar-refractivity contribution in [3.8, 4) is 11.5 Å². The summed E-state index contributed by atoms with van der Waals surface area (Å²) < 4.78 is 37.4. The number of rotatable bonds is 5. The number of amides is 1. The van der Waals surface area contributed by atoms with Crippen LogP contribution in [0.4, 0.5) is 5.69 Å². The highest BCUT2D eigenvalue weighted by atomic mass is 32.2. The van der Waals surface area contributed by atoms with E-state index >= 15 is 0 Å². The average Bonchev–Trinajstić information content (AvgIpc) is 2.76. The second-order valence-corrected chi connectivity index (χ2v) is 8.46. The van der Waals surface area contributed by atoms with E-state index < -0.39 is 15.1 Å². The largest absolute Gasteiger partial charge is 0.493 e. The van der Waals surface area contributed by atoms with Gasteiger partial charge in [0.05, 0.1) is 30.1 Å². The van der Waals surface area contributed by atoms with E-state index in [1.165, 1.54) is 14.2 Å². The minimum Gasteiger partial charge on any atom is -0.493 e. The SMILES string of the molecule is CCCN1C(=O)C[C@@H](c2ccc(OC)c(OC)c2)S(=O)(=O)c2ccccc21. The van der Waals surface area contributed by atoms with Crippen molar-refractivity contribution in [1.82, 2.24) is 0 Å². The summed E-state index contributed by atoms with van der Waals surface area (Å²) in [6.07, 6.45) is 0.619. The molecule has 1 atom stereocenters. The molecular weight excluding hydrogens is 366 g/mol. The summed E-state index contributed by atoms with van der Waals surface area (Å²) in [6, 6.07) is 11.7. The molecule has 27 heavy (non-hydrogen) atoms. The van der Waals surface area contributed by atoms with Gasteiger partial charge in [-0.25, -0.2) is 8.42 Å². The van der Waals surface area contributed by atoms with Crippen LogP contribution >= 0.6 is 0 Å². The monoisotopic (exact) mass is 389 g/mol. The lowest BCUT2D eigenvalue weighted by Crippen LogP contribution is -2.31. The van der Waals surface area contributed by atoms with E-state index in [4.69, 9.17) is 9.47 Å². The minimum atomic E-state index is -3.76. The van der Waals surface area contributed by atoms with Crippen LogP contribution in [0.25, 0.3) is 0 Å². The number of ether oxygens (including phenoxy) is 2. The molecule has 1 amide bonds. The number of para-hydroxylation sites is 1. The number of fused-ring (bicyclic) bond motifs is 1. The number of sulfone groups is 1. The number of carbonyl (C=O) groups is 1. The van der Waals surface area contributed by atoms with Gasteiger partial charge in [-0.15, -0.1) is 0 Å². The topological polar surface area (TPSA) is 72.9 Å². The summed E-state index contributed by atoms with van der Waals surface area (Å²) in [5.41, 5.74) is 0.960. The summed E-state index contributed by atoms with van der Waals surface area (Å²) in [5.74, 6) is 0.734. The Hall–Kier alpha value is -2.54. The first-order chi connectivity index (χ1) is 12.9. The van der Waals surface area contributed by atoms with Crippen molar-refractivity contribution in [3.05, 3.63) is 48.0 Å². The van der Waals surface area contributed by atoms with Gasteiger partial charge >= 0.3 is 0 Å². The fourth-order valence-corrected chi connectivity index (χ4v) is 5.32. The molecule has 1 heterocycles. The molecule has 1 aliphatic heterocycles. The zero-order valence-electron chi connectivity index (χ0n) is 15.6. The molecule has 0 unspecified atom stereocenters. The van der Waals surface area contributed by atoms with Crippen molar-refractivity contribution in [2.45, 2.75) is 29.9 Å². The van der Waals surface area contributed by atoms with Crippen LogP contribution in [-0.4, -0.2) is 35.1 Å². The smallest absolute Gasteiger partial charge is 0.228 e. The van der Waals surface area contributed by atoms with Gasteiger partial charge in [0.2, 0.25) is 5.91 Å². The van der Waals surface area contributed by atoms with Crippen LogP contribution in [0.3, 0.4) is 0 Å². The Morgan fingerprint density at radius 1 is 1.07 bits per heavy atom. The molecule has 0 aliphatic carbocycles. The number of benzene rings is 2. The molecule has 6 nitrogen and oxygen atoms in total. The summed E-state index contributed by atoms with van der Waals surface area (Å²) in [6.45, 7) is 2.44. The molecule has 0 radical (unpaired) electrons. The van der Waals surface area contributed by atoms with Gasteiger partial charge in [-0.2, -0.15) is 0 Å². The first-order valence-electron chi connectivity index (χ1n) is 8.79. The predicted molar refractivity (Wildman–Crippen MR) is 103 cm³/mol. The number of hydrogen-bond donors (Lipinski definition) is 0. The number of carbonyl (C=O) groups excluding carboxylic acids is 1. The Kier molecular flexibility index (Phi) is 5.41. The van der Waals surface area contributed by atoms with Crippen LogP contribution < -0.4 is 14.4 Å². The molecule has 1 aliphatic rings. The first-order valence-corrected chi connectivity index (χ1v) is 10.3. The van der Waals surface area contributed by atoms with E-state index in [-0.39, 0.29) is 17.2 Å². The molecule has 0 bridgehead atoms. The molecule has 2 aromatic rings. The van der Waals surface area contributed by atoms with Crippen molar-refractivity contribution in [1.29, 1.82) is 0 Å². The Morgan fingerprint density at radius 3 is 2.44 bits per heavy atom. The lowest BCUT2D eigenvalue weighted by atomic mass is 10.1. The lowest BCUT2D eigenvalue weighted by Gasteiger charge is -2.21. The van der Waals surface area contributed by atoms with E-state index in [0.717, 1.165) is 6.42 Å². The average molecular weight is 389 g/mol. The van der Waals surface area contributed by atoms with Gasteiger partial charge in [0.15, 0.2) is 21.3 Å². The third-order valence-corrected chi connectivity index (χ3v) is 6.87. The molecule has 0 saturated carbocycles. The summed E-state index contributed by atoms with van der Waals surface area (Å²) >= 11 is 0. The first kappa shape index (κ1) is 19.2. The number of anilines is 1. The number of hydrogen-bond acceptors (Lipinski definition) is 5. The van der Waals surface area contributed by atoms with E-state index in [2.05, 4.69) is 0 Å². The second kappa shape index (κ2) is 7.60.